The Morgan fingerprint density at radius 3 is 2.40 bits per heavy atom. The Balaban J connectivity index is 1.24. The molecule has 4 aliphatic carbocycles. The fraction of sp³-hybridized carbons (Fsp3) is 0.920. The van der Waals surface area contributed by atoms with Crippen LogP contribution in [0.3, 0.4) is 0 Å². The summed E-state index contributed by atoms with van der Waals surface area (Å²) in [6.45, 7) is 7.21. The molecule has 4 aliphatic rings. The fourth-order valence-corrected chi connectivity index (χ4v) is 6.73. The molecule has 5 nitrogen and oxygen atoms in total. The van der Waals surface area contributed by atoms with E-state index in [4.69, 9.17) is 14.2 Å². The van der Waals surface area contributed by atoms with E-state index in [1.165, 1.54) is 32.1 Å². The summed E-state index contributed by atoms with van der Waals surface area (Å²) in [5, 5.41) is 0. The summed E-state index contributed by atoms with van der Waals surface area (Å²) in [7, 11) is 0. The molecule has 0 aromatic rings. The smallest absolute Gasteiger partial charge is 0.312 e. The molecule has 5 atom stereocenters. The van der Waals surface area contributed by atoms with Crippen LogP contribution in [0.2, 0.25) is 0 Å². The van der Waals surface area contributed by atoms with E-state index in [-0.39, 0.29) is 47.5 Å². The molecule has 5 heteroatoms. The van der Waals surface area contributed by atoms with Crippen molar-refractivity contribution < 1.29 is 23.8 Å². The zero-order valence-electron chi connectivity index (χ0n) is 19.1. The number of carbonyl (C=O) groups is 2. The van der Waals surface area contributed by atoms with E-state index < -0.39 is 0 Å². The molecule has 30 heavy (non-hydrogen) atoms. The van der Waals surface area contributed by atoms with Crippen molar-refractivity contribution in [1.82, 2.24) is 0 Å². The zero-order valence-corrected chi connectivity index (χ0v) is 19.1. The van der Waals surface area contributed by atoms with E-state index in [0.29, 0.717) is 18.4 Å². The molecule has 0 amide bonds. The summed E-state index contributed by atoms with van der Waals surface area (Å²) in [5.74, 6) is 0.866. The number of ether oxygens (including phenoxy) is 3. The molecule has 0 spiro atoms. The van der Waals surface area contributed by atoms with Gasteiger partial charge in [0.25, 0.3) is 0 Å². The summed E-state index contributed by atoms with van der Waals surface area (Å²) >= 11 is 0. The summed E-state index contributed by atoms with van der Waals surface area (Å²) in [6, 6.07) is 0. The minimum atomic E-state index is -0.313. The van der Waals surface area contributed by atoms with Crippen molar-refractivity contribution in [1.29, 1.82) is 0 Å². The number of hydrogen-bond donors (Lipinski definition) is 0. The van der Waals surface area contributed by atoms with Gasteiger partial charge in [-0.1, -0.05) is 46.5 Å². The van der Waals surface area contributed by atoms with Gasteiger partial charge in [-0.25, -0.2) is 0 Å². The monoisotopic (exact) mass is 420 g/mol. The van der Waals surface area contributed by atoms with Crippen molar-refractivity contribution in [2.24, 2.45) is 34.5 Å². The third-order valence-electron chi connectivity index (χ3n) is 8.66. The van der Waals surface area contributed by atoms with E-state index in [1.54, 1.807) is 0 Å². The molecule has 2 bridgehead atoms. The van der Waals surface area contributed by atoms with Gasteiger partial charge < -0.3 is 14.2 Å². The van der Waals surface area contributed by atoms with Crippen molar-refractivity contribution >= 4 is 11.9 Å². The number of hydrogen-bond acceptors (Lipinski definition) is 5. The largest absolute Gasteiger partial charge is 0.462 e. The van der Waals surface area contributed by atoms with Crippen molar-refractivity contribution in [3.05, 3.63) is 0 Å². The minimum Gasteiger partial charge on any atom is -0.462 e. The first-order chi connectivity index (χ1) is 14.4. The maximum atomic E-state index is 13.0. The van der Waals surface area contributed by atoms with Gasteiger partial charge in [0.05, 0.1) is 17.9 Å². The predicted octanol–water partition coefficient (Wildman–Crippen LogP) is 5.26. The van der Waals surface area contributed by atoms with Gasteiger partial charge >= 0.3 is 11.9 Å². The molecular formula is C25H40O5. The Hall–Kier alpha value is -1.10. The summed E-state index contributed by atoms with van der Waals surface area (Å²) in [4.78, 5) is 25.7. The zero-order chi connectivity index (χ0) is 21.4. The maximum absolute atomic E-state index is 13.0. The summed E-state index contributed by atoms with van der Waals surface area (Å²) < 4.78 is 17.2. The lowest BCUT2D eigenvalue weighted by molar-refractivity contribution is -0.172. The highest BCUT2D eigenvalue weighted by atomic mass is 16.7. The molecule has 0 aliphatic heterocycles. The van der Waals surface area contributed by atoms with Crippen LogP contribution in [0.25, 0.3) is 0 Å². The van der Waals surface area contributed by atoms with Crippen LogP contribution in [0.1, 0.15) is 91.4 Å². The van der Waals surface area contributed by atoms with E-state index in [2.05, 4.69) is 20.8 Å². The lowest BCUT2D eigenvalue weighted by Gasteiger charge is -2.30. The maximum Gasteiger partial charge on any atom is 0.312 e. The molecule has 0 N–H and O–H groups in total. The molecule has 0 aromatic heterocycles. The first kappa shape index (κ1) is 22.1. The van der Waals surface area contributed by atoms with Crippen LogP contribution in [0, 0.1) is 34.5 Å². The van der Waals surface area contributed by atoms with Crippen LogP contribution in [0.15, 0.2) is 0 Å². The number of carbonyl (C=O) groups excluding carboxylic acids is 2. The third-order valence-corrected chi connectivity index (χ3v) is 8.66. The van der Waals surface area contributed by atoms with Gasteiger partial charge in [-0.15, -0.1) is 0 Å². The Morgan fingerprint density at radius 1 is 1.03 bits per heavy atom. The molecular weight excluding hydrogens is 380 g/mol. The van der Waals surface area contributed by atoms with Gasteiger partial charge in [-0.2, -0.15) is 0 Å². The van der Waals surface area contributed by atoms with E-state index in [1.807, 2.05) is 0 Å². The van der Waals surface area contributed by atoms with Gasteiger partial charge in [0.2, 0.25) is 0 Å². The third kappa shape index (κ3) is 4.28. The molecule has 0 heterocycles. The van der Waals surface area contributed by atoms with Crippen LogP contribution in [-0.2, 0) is 23.8 Å². The lowest BCUT2D eigenvalue weighted by Crippen LogP contribution is -2.37. The Bertz CT molecular complexity index is 637. The van der Waals surface area contributed by atoms with Crippen molar-refractivity contribution in [2.45, 2.75) is 97.5 Å². The Kier molecular flexibility index (Phi) is 6.48. The highest BCUT2D eigenvalue weighted by Gasteiger charge is 2.67. The molecule has 0 radical (unpaired) electrons. The quantitative estimate of drug-likeness (QED) is 0.289. The second-order valence-electron chi connectivity index (χ2n) is 11.1. The van der Waals surface area contributed by atoms with Crippen LogP contribution < -0.4 is 0 Å². The van der Waals surface area contributed by atoms with Gasteiger partial charge in [0, 0.05) is 5.92 Å². The topological polar surface area (TPSA) is 61.8 Å². The predicted molar refractivity (Wildman–Crippen MR) is 113 cm³/mol. The number of esters is 2. The van der Waals surface area contributed by atoms with E-state index in [0.717, 1.165) is 38.5 Å². The Labute approximate surface area is 181 Å². The molecule has 4 saturated carbocycles. The highest BCUT2D eigenvalue weighted by molar-refractivity contribution is 5.82. The van der Waals surface area contributed by atoms with Crippen molar-refractivity contribution in [2.75, 3.05) is 13.4 Å². The molecule has 170 valence electrons. The highest BCUT2D eigenvalue weighted by Crippen LogP contribution is 2.67. The molecule has 0 aromatic carbocycles. The average molecular weight is 421 g/mol. The number of fused-ring (bicyclic) bond motifs is 2. The lowest BCUT2D eigenvalue weighted by atomic mass is 9.86. The first-order valence-electron chi connectivity index (χ1n) is 12.3. The summed E-state index contributed by atoms with van der Waals surface area (Å²) in [6.07, 6.45) is 11.8. The van der Waals surface area contributed by atoms with Gasteiger partial charge in [0.15, 0.2) is 6.79 Å². The van der Waals surface area contributed by atoms with E-state index in [9.17, 15) is 9.59 Å². The first-order valence-corrected chi connectivity index (χ1v) is 12.3. The van der Waals surface area contributed by atoms with Crippen molar-refractivity contribution in [3.63, 3.8) is 0 Å². The van der Waals surface area contributed by atoms with Crippen LogP contribution in [0.4, 0.5) is 0 Å². The SMILES string of the molecule is CCCC1(C(=O)OC2CC3CC(C(=O)OCOCC4CCCCC4)C2C3)CC1(C)C. The second kappa shape index (κ2) is 8.80. The van der Waals surface area contributed by atoms with Gasteiger partial charge in [0.1, 0.15) is 6.10 Å². The van der Waals surface area contributed by atoms with Crippen molar-refractivity contribution in [3.8, 4) is 0 Å². The molecule has 4 rings (SSSR count). The van der Waals surface area contributed by atoms with Crippen LogP contribution in [-0.4, -0.2) is 31.4 Å². The van der Waals surface area contributed by atoms with Crippen LogP contribution >= 0.6 is 0 Å². The minimum absolute atomic E-state index is 0.0326. The Morgan fingerprint density at radius 2 is 1.77 bits per heavy atom. The van der Waals surface area contributed by atoms with Gasteiger partial charge in [-0.05, 0) is 62.2 Å². The normalized spacial score (nSPS) is 37.2. The van der Waals surface area contributed by atoms with Crippen LogP contribution in [0.5, 0.6) is 0 Å². The average Bonchev–Trinajstić information content (AvgIpc) is 3.04. The number of rotatable bonds is 9. The standard InChI is InChI=1S/C25H40O5/c1-4-10-25(15-24(25,2)3)23(27)30-21-13-18-11-19(21)20(12-18)22(26)29-16-28-14-17-8-6-5-7-9-17/h17-21H,4-16H2,1-3H3. The molecule has 5 unspecified atom stereocenters. The van der Waals surface area contributed by atoms with Gasteiger partial charge in [-0.3, -0.25) is 9.59 Å². The second-order valence-corrected chi connectivity index (χ2v) is 11.1. The molecule has 4 fully saturated rings. The van der Waals surface area contributed by atoms with E-state index >= 15 is 0 Å². The molecule has 0 saturated heterocycles. The summed E-state index contributed by atoms with van der Waals surface area (Å²) in [5.41, 5.74) is -0.279. The fourth-order valence-electron chi connectivity index (χ4n) is 6.73.